The van der Waals surface area contributed by atoms with Crippen molar-refractivity contribution in [2.45, 2.75) is 58.5 Å². The molecule has 20 heavy (non-hydrogen) atoms. The van der Waals surface area contributed by atoms with Gasteiger partial charge in [-0.15, -0.1) is 0 Å². The largest absolute Gasteiger partial charge is 0.378 e. The molecule has 0 saturated heterocycles. The van der Waals surface area contributed by atoms with Gasteiger partial charge in [0.2, 0.25) is 0 Å². The zero-order chi connectivity index (χ0) is 14.5. The first-order valence-electron chi connectivity index (χ1n) is 7.80. The van der Waals surface area contributed by atoms with Crippen LogP contribution in [0.1, 0.15) is 57.1 Å². The number of carbonyl (C=O) groups is 1. The topological polar surface area (TPSA) is 26.3 Å². The molecule has 0 atom stereocenters. The average Bonchev–Trinajstić information content (AvgIpc) is 2.37. The molecule has 0 unspecified atom stereocenters. The number of rotatable bonds is 7. The van der Waals surface area contributed by atoms with Gasteiger partial charge in [0.15, 0.2) is 0 Å². The summed E-state index contributed by atoms with van der Waals surface area (Å²) in [6.45, 7) is 7.18. The number of hydrogen-bond acceptors (Lipinski definition) is 2. The minimum absolute atomic E-state index is 0.363. The highest BCUT2D eigenvalue weighted by Crippen LogP contribution is 2.33. The van der Waals surface area contributed by atoms with E-state index in [1.54, 1.807) is 0 Å². The van der Waals surface area contributed by atoms with E-state index in [-0.39, 0.29) is 0 Å². The van der Waals surface area contributed by atoms with Gasteiger partial charge in [-0.2, -0.15) is 0 Å². The van der Waals surface area contributed by atoms with Crippen LogP contribution in [-0.4, -0.2) is 18.5 Å². The van der Waals surface area contributed by atoms with E-state index in [2.05, 4.69) is 38.1 Å². The van der Waals surface area contributed by atoms with E-state index < -0.39 is 0 Å². The highest BCUT2D eigenvalue weighted by molar-refractivity contribution is 5.81. The first-order valence-corrected chi connectivity index (χ1v) is 7.80. The van der Waals surface area contributed by atoms with Crippen molar-refractivity contribution in [1.82, 2.24) is 0 Å². The fraction of sp³-hybridized carbons (Fsp3) is 0.611. The maximum Gasteiger partial charge on any atom is 0.137 e. The summed E-state index contributed by atoms with van der Waals surface area (Å²) < 4.78 is 5.53. The molecule has 110 valence electrons. The van der Waals surface area contributed by atoms with E-state index in [0.29, 0.717) is 30.1 Å². The average molecular weight is 274 g/mol. The van der Waals surface area contributed by atoms with E-state index in [0.717, 1.165) is 31.4 Å². The fourth-order valence-corrected chi connectivity index (χ4v) is 2.86. The maximum atomic E-state index is 12.1. The van der Waals surface area contributed by atoms with Crippen molar-refractivity contribution < 1.29 is 9.53 Å². The summed E-state index contributed by atoms with van der Waals surface area (Å²) in [7, 11) is 0. The van der Waals surface area contributed by atoms with Crippen LogP contribution >= 0.6 is 0 Å². The van der Waals surface area contributed by atoms with Crippen LogP contribution in [0.3, 0.4) is 0 Å². The highest BCUT2D eigenvalue weighted by Gasteiger charge is 2.30. The fourth-order valence-electron chi connectivity index (χ4n) is 2.86. The van der Waals surface area contributed by atoms with Crippen molar-refractivity contribution in [3.8, 4) is 0 Å². The quantitative estimate of drug-likeness (QED) is 0.747. The highest BCUT2D eigenvalue weighted by atomic mass is 16.5. The lowest BCUT2D eigenvalue weighted by atomic mass is 9.78. The van der Waals surface area contributed by atoms with Crippen LogP contribution in [0.5, 0.6) is 0 Å². The molecule has 2 heteroatoms. The minimum atomic E-state index is 0.363. The first-order chi connectivity index (χ1) is 9.58. The van der Waals surface area contributed by atoms with Gasteiger partial charge in [-0.25, -0.2) is 0 Å². The van der Waals surface area contributed by atoms with Crippen molar-refractivity contribution in [2.24, 2.45) is 5.92 Å². The third kappa shape index (κ3) is 4.17. The lowest BCUT2D eigenvalue weighted by Gasteiger charge is -2.34. The molecular formula is C18H26O2. The molecule has 2 rings (SSSR count). The summed E-state index contributed by atoms with van der Waals surface area (Å²) in [5.41, 5.74) is 2.47. The van der Waals surface area contributed by atoms with Crippen molar-refractivity contribution >= 4 is 5.78 Å². The van der Waals surface area contributed by atoms with Crippen LogP contribution in [0.25, 0.3) is 0 Å². The molecule has 1 aromatic carbocycles. The Kier molecular flexibility index (Phi) is 5.36. The summed E-state index contributed by atoms with van der Waals surface area (Å²) in [6.07, 6.45) is 3.82. The molecule has 0 aromatic heterocycles. The van der Waals surface area contributed by atoms with Crippen LogP contribution in [-0.2, 0) is 16.0 Å². The SMILES string of the molecule is CCOC1CC(CC(=O)Cc2ccc(C(C)C)cc2)C1. The molecule has 0 N–H and O–H groups in total. The van der Waals surface area contributed by atoms with Crippen LogP contribution in [0.2, 0.25) is 0 Å². The number of ether oxygens (including phenoxy) is 1. The van der Waals surface area contributed by atoms with Gasteiger partial charge < -0.3 is 4.74 Å². The maximum absolute atomic E-state index is 12.1. The minimum Gasteiger partial charge on any atom is -0.378 e. The molecule has 0 spiro atoms. The third-order valence-electron chi connectivity index (χ3n) is 4.16. The molecule has 1 aromatic rings. The molecule has 1 aliphatic rings. The summed E-state index contributed by atoms with van der Waals surface area (Å²) in [4.78, 5) is 12.1. The predicted molar refractivity (Wildman–Crippen MR) is 82.0 cm³/mol. The van der Waals surface area contributed by atoms with E-state index in [1.165, 1.54) is 5.56 Å². The van der Waals surface area contributed by atoms with E-state index in [9.17, 15) is 4.79 Å². The Morgan fingerprint density at radius 2 is 1.90 bits per heavy atom. The van der Waals surface area contributed by atoms with E-state index in [4.69, 9.17) is 4.74 Å². The normalized spacial score (nSPS) is 21.8. The second-order valence-corrected chi connectivity index (χ2v) is 6.23. The molecule has 0 heterocycles. The van der Waals surface area contributed by atoms with Crippen LogP contribution < -0.4 is 0 Å². The van der Waals surface area contributed by atoms with Crippen LogP contribution in [0.4, 0.5) is 0 Å². The number of Topliss-reactive ketones (excluding diaryl/α,β-unsaturated/α-hetero) is 1. The molecule has 0 amide bonds. The van der Waals surface area contributed by atoms with Gasteiger partial charge in [0, 0.05) is 19.4 Å². The van der Waals surface area contributed by atoms with Crippen molar-refractivity contribution in [1.29, 1.82) is 0 Å². The Labute approximate surface area is 122 Å². The number of hydrogen-bond donors (Lipinski definition) is 0. The molecular weight excluding hydrogens is 248 g/mol. The van der Waals surface area contributed by atoms with Gasteiger partial charge >= 0.3 is 0 Å². The Morgan fingerprint density at radius 1 is 1.25 bits per heavy atom. The molecule has 1 fully saturated rings. The monoisotopic (exact) mass is 274 g/mol. The smallest absolute Gasteiger partial charge is 0.137 e. The van der Waals surface area contributed by atoms with Crippen molar-refractivity contribution in [3.05, 3.63) is 35.4 Å². The summed E-state index contributed by atoms with van der Waals surface area (Å²) >= 11 is 0. The van der Waals surface area contributed by atoms with Gasteiger partial charge in [-0.3, -0.25) is 4.79 Å². The Morgan fingerprint density at radius 3 is 2.45 bits per heavy atom. The summed E-state index contributed by atoms with van der Waals surface area (Å²) in [5, 5.41) is 0. The van der Waals surface area contributed by atoms with E-state index >= 15 is 0 Å². The van der Waals surface area contributed by atoms with Gasteiger partial charge in [-0.05, 0) is 42.7 Å². The van der Waals surface area contributed by atoms with Gasteiger partial charge in [0.25, 0.3) is 0 Å². The zero-order valence-corrected chi connectivity index (χ0v) is 12.9. The lowest BCUT2D eigenvalue weighted by Crippen LogP contribution is -2.33. The standard InChI is InChI=1S/C18H26O2/c1-4-20-18-11-15(12-18)10-17(19)9-14-5-7-16(8-6-14)13(2)3/h5-8,13,15,18H,4,9-12H2,1-3H3. The number of benzene rings is 1. The summed E-state index contributed by atoms with van der Waals surface area (Å²) in [6, 6.07) is 8.47. The molecule has 0 aliphatic heterocycles. The molecule has 1 saturated carbocycles. The Balaban J connectivity index is 1.75. The molecule has 0 bridgehead atoms. The zero-order valence-electron chi connectivity index (χ0n) is 12.9. The van der Waals surface area contributed by atoms with Crippen molar-refractivity contribution in [2.75, 3.05) is 6.61 Å². The van der Waals surface area contributed by atoms with Crippen molar-refractivity contribution in [3.63, 3.8) is 0 Å². The molecule has 0 radical (unpaired) electrons. The van der Waals surface area contributed by atoms with Gasteiger partial charge in [0.1, 0.15) is 5.78 Å². The Hall–Kier alpha value is -1.15. The van der Waals surface area contributed by atoms with E-state index in [1.807, 2.05) is 6.92 Å². The molecule has 1 aliphatic carbocycles. The summed E-state index contributed by atoms with van der Waals surface area (Å²) in [5.74, 6) is 1.46. The van der Waals surface area contributed by atoms with Gasteiger partial charge in [-0.1, -0.05) is 38.1 Å². The Bertz CT molecular complexity index is 427. The van der Waals surface area contributed by atoms with Gasteiger partial charge in [0.05, 0.1) is 6.10 Å². The second-order valence-electron chi connectivity index (χ2n) is 6.23. The number of carbonyl (C=O) groups excluding carboxylic acids is 1. The lowest BCUT2D eigenvalue weighted by molar-refractivity contribution is -0.121. The van der Waals surface area contributed by atoms with Crippen LogP contribution in [0.15, 0.2) is 24.3 Å². The molecule has 2 nitrogen and oxygen atoms in total. The third-order valence-corrected chi connectivity index (χ3v) is 4.16. The second kappa shape index (κ2) is 7.03. The first kappa shape index (κ1) is 15.2. The predicted octanol–water partition coefficient (Wildman–Crippen LogP) is 4.13. The number of ketones is 1. The van der Waals surface area contributed by atoms with Crippen LogP contribution in [0, 0.1) is 5.92 Å².